The number of benzene rings is 2. The van der Waals surface area contributed by atoms with Crippen molar-refractivity contribution in [2.75, 3.05) is 31.1 Å². The maximum Gasteiger partial charge on any atom is 0.294 e. The van der Waals surface area contributed by atoms with Gasteiger partial charge < -0.3 is 15.4 Å². The first-order valence-electron chi connectivity index (χ1n) is 9.76. The van der Waals surface area contributed by atoms with Gasteiger partial charge in [-0.1, -0.05) is 6.07 Å². The van der Waals surface area contributed by atoms with Crippen molar-refractivity contribution in [2.45, 2.75) is 14.9 Å². The van der Waals surface area contributed by atoms with Gasteiger partial charge in [-0.2, -0.15) is 37.3 Å². The van der Waals surface area contributed by atoms with Gasteiger partial charge in [-0.15, -0.1) is 0 Å². The van der Waals surface area contributed by atoms with E-state index in [1.165, 1.54) is 55.6 Å². The van der Waals surface area contributed by atoms with Crippen LogP contribution in [0.2, 0.25) is 0 Å². The molecule has 3 aromatic rings. The summed E-state index contributed by atoms with van der Waals surface area (Å²) in [6.45, 7) is 0.554. The molecule has 1 heterocycles. The molecular formula is C18H21N7O8S3. The highest BCUT2D eigenvalue weighted by Gasteiger charge is 2.13. The van der Waals surface area contributed by atoms with E-state index in [9.17, 15) is 21.4 Å². The Labute approximate surface area is 210 Å². The lowest BCUT2D eigenvalue weighted by Gasteiger charge is -2.11. The largest absolute Gasteiger partial charge is 0.370 e. The minimum absolute atomic E-state index is 0.00171. The molecule has 1 aromatic heterocycles. The highest BCUT2D eigenvalue weighted by atomic mass is 32.2. The molecular weight excluding hydrogens is 538 g/mol. The molecule has 0 fully saturated rings. The zero-order valence-electron chi connectivity index (χ0n) is 18.4. The molecule has 0 saturated heterocycles. The molecule has 194 valence electrons. The van der Waals surface area contributed by atoms with E-state index in [2.05, 4.69) is 36.4 Å². The van der Waals surface area contributed by atoms with E-state index in [1.54, 1.807) is 0 Å². The van der Waals surface area contributed by atoms with Crippen molar-refractivity contribution in [2.24, 2.45) is 0 Å². The third-order valence-electron chi connectivity index (χ3n) is 4.03. The number of nitrogens with zero attached hydrogens (tertiary/aromatic N) is 3. The van der Waals surface area contributed by atoms with Crippen LogP contribution in [-0.4, -0.2) is 61.4 Å². The molecule has 0 saturated carbocycles. The predicted molar refractivity (Wildman–Crippen MR) is 129 cm³/mol. The maximum absolute atomic E-state index is 11.4. The van der Waals surface area contributed by atoms with Gasteiger partial charge in [-0.3, -0.25) is 14.4 Å². The van der Waals surface area contributed by atoms with Crippen molar-refractivity contribution >= 4 is 55.6 Å². The molecule has 3 rings (SSSR count). The molecule has 0 aliphatic heterocycles. The highest BCUT2D eigenvalue weighted by Crippen LogP contribution is 2.23. The summed E-state index contributed by atoms with van der Waals surface area (Å²) in [5.41, 5.74) is 3.26. The highest BCUT2D eigenvalue weighted by molar-refractivity contribution is 7.94. The van der Waals surface area contributed by atoms with Crippen LogP contribution in [-0.2, 0) is 29.3 Å². The molecule has 2 aromatic carbocycles. The Morgan fingerprint density at radius 3 is 2.11 bits per heavy atom. The van der Waals surface area contributed by atoms with Crippen molar-refractivity contribution in [3.05, 3.63) is 48.5 Å². The van der Waals surface area contributed by atoms with Crippen LogP contribution < -0.4 is 21.4 Å². The van der Waals surface area contributed by atoms with Gasteiger partial charge in [0.1, 0.15) is 0 Å². The number of methoxy groups -OCH3 is 1. The van der Waals surface area contributed by atoms with Crippen LogP contribution in [0.1, 0.15) is 0 Å². The smallest absolute Gasteiger partial charge is 0.294 e. The monoisotopic (exact) mass is 559 g/mol. The molecule has 15 nitrogen and oxygen atoms in total. The molecule has 6 N–H and O–H groups in total. The molecule has 36 heavy (non-hydrogen) atoms. The van der Waals surface area contributed by atoms with Gasteiger partial charge in [0.15, 0.2) is 0 Å². The second-order valence-corrected chi connectivity index (χ2v) is 10.2. The third-order valence-corrected chi connectivity index (χ3v) is 6.28. The van der Waals surface area contributed by atoms with Crippen molar-refractivity contribution in [1.29, 1.82) is 0 Å². The van der Waals surface area contributed by atoms with Crippen molar-refractivity contribution in [3.8, 4) is 0 Å². The molecule has 0 bridgehead atoms. The summed E-state index contributed by atoms with van der Waals surface area (Å²) in [4.78, 5) is 12.0. The minimum atomic E-state index is -4.42. The molecule has 0 aliphatic rings. The van der Waals surface area contributed by atoms with E-state index in [0.29, 0.717) is 12.4 Å². The van der Waals surface area contributed by atoms with E-state index in [0.717, 1.165) is 12.0 Å². The van der Waals surface area contributed by atoms with E-state index in [4.69, 9.17) is 13.6 Å². The predicted octanol–water partition coefficient (Wildman–Crippen LogP) is 1.53. The fourth-order valence-corrected chi connectivity index (χ4v) is 3.95. The maximum atomic E-state index is 11.4. The van der Waals surface area contributed by atoms with Crippen molar-refractivity contribution < 1.29 is 35.0 Å². The van der Waals surface area contributed by atoms with Crippen molar-refractivity contribution in [3.63, 3.8) is 0 Å². The molecule has 0 aliphatic carbocycles. The average Bonchev–Trinajstić information content (AvgIpc) is 2.81. The minimum Gasteiger partial charge on any atom is -0.370 e. The van der Waals surface area contributed by atoms with Gasteiger partial charge >= 0.3 is 0 Å². The Kier molecular flexibility index (Phi) is 9.48. The van der Waals surface area contributed by atoms with Gasteiger partial charge in [0.05, 0.1) is 35.2 Å². The van der Waals surface area contributed by atoms with Gasteiger partial charge in [0, 0.05) is 18.5 Å². The third kappa shape index (κ3) is 8.62. The second-order valence-electron chi connectivity index (χ2n) is 6.69. The lowest BCUT2D eigenvalue weighted by molar-refractivity contribution is 0.148. The summed E-state index contributed by atoms with van der Waals surface area (Å²) >= 11 is 0.759. The molecule has 0 radical (unpaired) electrons. The van der Waals surface area contributed by atoms with E-state index < -0.39 is 20.2 Å². The number of aromatic nitrogens is 3. The van der Waals surface area contributed by atoms with Crippen LogP contribution in [0.25, 0.3) is 0 Å². The van der Waals surface area contributed by atoms with Gasteiger partial charge in [0.2, 0.25) is 17.1 Å². The van der Waals surface area contributed by atoms with E-state index >= 15 is 0 Å². The fraction of sp³-hybridized carbons (Fsp3) is 0.167. The summed E-state index contributed by atoms with van der Waals surface area (Å²) < 4.78 is 73.8. The standard InChI is InChI=1S/C18H21N7O8S3/c1-32-11-19-10-20-33-34-18-24-16(21-12-5-7-14(8-6-12)35(26,27)28)23-17(25-18)22-13-3-2-4-15(9-13)36(29,30)31/h2-9,19-20H,10-11H2,1H3,(H,26,27,28)(H,29,30,31)(H2,21,22,23,24,25). The molecule has 0 spiro atoms. The quantitative estimate of drug-likeness (QED) is 0.0575. The average molecular weight is 560 g/mol. The summed E-state index contributed by atoms with van der Waals surface area (Å²) in [5, 5.41) is 8.65. The van der Waals surface area contributed by atoms with E-state index in [-0.39, 0.29) is 39.2 Å². The first kappa shape index (κ1) is 27.6. The lowest BCUT2D eigenvalue weighted by Crippen LogP contribution is -2.28. The molecule has 0 unspecified atom stereocenters. The first-order chi connectivity index (χ1) is 17.0. The Morgan fingerprint density at radius 1 is 0.861 bits per heavy atom. The number of hydrogen-bond donors (Lipinski definition) is 6. The van der Waals surface area contributed by atoms with Crippen molar-refractivity contribution in [1.82, 2.24) is 25.7 Å². The fourth-order valence-electron chi connectivity index (χ4n) is 2.51. The SMILES string of the molecule is COCNCNOSc1nc(Nc2ccc(S(=O)(=O)O)cc2)nc(Nc2cccc(S(=O)(=O)O)c2)n1. The number of rotatable bonds is 13. The van der Waals surface area contributed by atoms with E-state index in [1.807, 2.05) is 0 Å². The zero-order chi connectivity index (χ0) is 26.2. The Bertz CT molecular complexity index is 1390. The first-order valence-corrected chi connectivity index (χ1v) is 13.4. The zero-order valence-corrected chi connectivity index (χ0v) is 20.9. The van der Waals surface area contributed by atoms with Crippen LogP contribution in [0.15, 0.2) is 63.5 Å². The topological polar surface area (TPSA) is 214 Å². The number of hydroxylamine groups is 1. The number of hydrogen-bond acceptors (Lipinski definition) is 14. The lowest BCUT2D eigenvalue weighted by atomic mass is 10.3. The number of nitrogens with one attached hydrogen (secondary N) is 4. The Balaban J connectivity index is 1.82. The Hall–Kier alpha value is -2.94. The van der Waals surface area contributed by atoms with Crippen LogP contribution in [0.5, 0.6) is 0 Å². The second kappa shape index (κ2) is 12.3. The van der Waals surface area contributed by atoms with Gasteiger partial charge in [-0.25, -0.2) is 4.28 Å². The summed E-state index contributed by atoms with van der Waals surface area (Å²) in [5.74, 6) is 0.0276. The summed E-state index contributed by atoms with van der Waals surface area (Å²) in [6.07, 6.45) is 0. The molecule has 0 amide bonds. The number of ether oxygens (including phenoxy) is 1. The summed E-state index contributed by atoms with van der Waals surface area (Å²) in [7, 11) is -7.25. The van der Waals surface area contributed by atoms with Crippen LogP contribution in [0.4, 0.5) is 23.3 Å². The van der Waals surface area contributed by atoms with Gasteiger partial charge in [0.25, 0.3) is 20.2 Å². The van der Waals surface area contributed by atoms with Crippen LogP contribution in [0.3, 0.4) is 0 Å². The van der Waals surface area contributed by atoms with Crippen LogP contribution >= 0.6 is 12.0 Å². The molecule has 18 heteroatoms. The molecule has 0 atom stereocenters. The Morgan fingerprint density at radius 2 is 1.50 bits per heavy atom. The van der Waals surface area contributed by atoms with Gasteiger partial charge in [-0.05, 0) is 42.5 Å². The van der Waals surface area contributed by atoms with Crippen LogP contribution in [0, 0.1) is 0 Å². The number of anilines is 4. The summed E-state index contributed by atoms with van der Waals surface area (Å²) in [6, 6.07) is 10.5. The normalized spacial score (nSPS) is 11.9.